The molecule has 0 unspecified atom stereocenters. The Kier molecular flexibility index (Phi) is 6.08. The monoisotopic (exact) mass is 361 g/mol. The van der Waals surface area contributed by atoms with E-state index in [4.69, 9.17) is 16.3 Å². The Balaban J connectivity index is 1.90. The van der Waals surface area contributed by atoms with Gasteiger partial charge in [-0.05, 0) is 55.3 Å². The number of aryl methyl sites for hydroxylation is 1. The minimum Gasteiger partial charge on any atom is -0.484 e. The van der Waals surface area contributed by atoms with Crippen molar-refractivity contribution in [3.8, 4) is 5.75 Å². The van der Waals surface area contributed by atoms with E-state index in [1.165, 1.54) is 12.1 Å². The number of benzene rings is 2. The Morgan fingerprint density at radius 3 is 2.56 bits per heavy atom. The van der Waals surface area contributed by atoms with E-state index >= 15 is 0 Å². The van der Waals surface area contributed by atoms with Gasteiger partial charge in [-0.15, -0.1) is 0 Å². The molecule has 25 heavy (non-hydrogen) atoms. The Hall–Kier alpha value is -2.93. The first kappa shape index (κ1) is 18.4. The Morgan fingerprint density at radius 1 is 1.28 bits per heavy atom. The second-order valence-corrected chi connectivity index (χ2v) is 5.64. The van der Waals surface area contributed by atoms with Crippen LogP contribution < -0.4 is 10.2 Å². The molecule has 0 spiro atoms. The van der Waals surface area contributed by atoms with Crippen LogP contribution in [0.1, 0.15) is 18.1 Å². The molecule has 1 N–H and O–H groups in total. The quantitative estimate of drug-likeness (QED) is 0.484. The van der Waals surface area contributed by atoms with Gasteiger partial charge in [0.2, 0.25) is 0 Å². The minimum absolute atomic E-state index is 0.00718. The number of hydrazone groups is 1. The molecule has 0 saturated carbocycles. The number of nitrogens with one attached hydrogen (secondary N) is 1. The summed E-state index contributed by atoms with van der Waals surface area (Å²) in [4.78, 5) is 21.9. The molecule has 1 amide bonds. The number of nitro benzene ring substituents is 1. The normalized spacial score (nSPS) is 11.1. The number of rotatable bonds is 6. The number of carbonyl (C=O) groups is 1. The fraction of sp³-hybridized carbons (Fsp3) is 0.176. The van der Waals surface area contributed by atoms with Crippen molar-refractivity contribution < 1.29 is 14.5 Å². The molecule has 0 saturated heterocycles. The minimum atomic E-state index is -0.478. The summed E-state index contributed by atoms with van der Waals surface area (Å²) in [5.74, 6) is 0.113. The van der Waals surface area contributed by atoms with Crippen molar-refractivity contribution in [2.24, 2.45) is 5.10 Å². The van der Waals surface area contributed by atoms with Crippen LogP contribution in [-0.2, 0) is 4.79 Å². The Morgan fingerprint density at radius 2 is 1.96 bits per heavy atom. The standard InChI is InChI=1S/C17H16ClN3O4/c1-11-9-15(7-8-16(11)18)25-10-17(22)20-19-12(2)13-3-5-14(6-4-13)21(23)24/h3-9H,10H2,1-2H3,(H,20,22). The summed E-state index contributed by atoms with van der Waals surface area (Å²) in [6, 6.07) is 11.0. The number of carbonyl (C=O) groups excluding carboxylic acids is 1. The molecule has 0 radical (unpaired) electrons. The maximum atomic E-state index is 11.8. The van der Waals surface area contributed by atoms with E-state index < -0.39 is 10.8 Å². The molecule has 2 aromatic carbocycles. The van der Waals surface area contributed by atoms with Crippen molar-refractivity contribution in [1.82, 2.24) is 5.43 Å². The SMILES string of the molecule is CC(=NNC(=O)COc1ccc(Cl)c(C)c1)c1ccc([N+](=O)[O-])cc1. The van der Waals surface area contributed by atoms with Crippen LogP contribution in [0.2, 0.25) is 5.02 Å². The van der Waals surface area contributed by atoms with Crippen molar-refractivity contribution >= 4 is 28.9 Å². The van der Waals surface area contributed by atoms with E-state index in [0.29, 0.717) is 22.0 Å². The van der Waals surface area contributed by atoms with Crippen molar-refractivity contribution in [3.63, 3.8) is 0 Å². The van der Waals surface area contributed by atoms with Crippen molar-refractivity contribution in [3.05, 3.63) is 68.7 Å². The molecule has 2 aromatic rings. The van der Waals surface area contributed by atoms with Gasteiger partial charge in [0.05, 0.1) is 10.6 Å². The second-order valence-electron chi connectivity index (χ2n) is 5.24. The topological polar surface area (TPSA) is 93.8 Å². The maximum Gasteiger partial charge on any atom is 0.277 e. The number of non-ortho nitro benzene ring substituents is 1. The fourth-order valence-electron chi connectivity index (χ4n) is 1.92. The molecule has 0 aromatic heterocycles. The lowest BCUT2D eigenvalue weighted by Crippen LogP contribution is -2.25. The summed E-state index contributed by atoms with van der Waals surface area (Å²) in [5, 5.41) is 15.2. The highest BCUT2D eigenvalue weighted by molar-refractivity contribution is 6.31. The van der Waals surface area contributed by atoms with Gasteiger partial charge in [-0.3, -0.25) is 14.9 Å². The van der Waals surface area contributed by atoms with Gasteiger partial charge in [0, 0.05) is 17.2 Å². The van der Waals surface area contributed by atoms with Crippen LogP contribution in [0.4, 0.5) is 5.69 Å². The zero-order valence-corrected chi connectivity index (χ0v) is 14.4. The lowest BCUT2D eigenvalue weighted by atomic mass is 10.1. The van der Waals surface area contributed by atoms with Crippen LogP contribution in [-0.4, -0.2) is 23.1 Å². The molecule has 0 aliphatic carbocycles. The maximum absolute atomic E-state index is 11.8. The third kappa shape index (κ3) is 5.29. The molecule has 0 atom stereocenters. The van der Waals surface area contributed by atoms with Gasteiger partial charge in [-0.2, -0.15) is 5.10 Å². The van der Waals surface area contributed by atoms with Crippen LogP contribution in [0.5, 0.6) is 5.75 Å². The predicted molar refractivity (Wildman–Crippen MR) is 95.1 cm³/mol. The lowest BCUT2D eigenvalue weighted by molar-refractivity contribution is -0.384. The van der Waals surface area contributed by atoms with Crippen LogP contribution in [0, 0.1) is 17.0 Å². The summed E-state index contributed by atoms with van der Waals surface area (Å²) < 4.78 is 5.37. The van der Waals surface area contributed by atoms with Gasteiger partial charge < -0.3 is 4.74 Å². The van der Waals surface area contributed by atoms with Crippen molar-refractivity contribution in [2.75, 3.05) is 6.61 Å². The lowest BCUT2D eigenvalue weighted by Gasteiger charge is -2.07. The van der Waals surface area contributed by atoms with Crippen LogP contribution in [0.15, 0.2) is 47.6 Å². The largest absolute Gasteiger partial charge is 0.484 e. The van der Waals surface area contributed by atoms with E-state index in [0.717, 1.165) is 5.56 Å². The smallest absolute Gasteiger partial charge is 0.277 e. The molecule has 7 nitrogen and oxygen atoms in total. The molecule has 2 rings (SSSR count). The summed E-state index contributed by atoms with van der Waals surface area (Å²) in [7, 11) is 0. The zero-order chi connectivity index (χ0) is 18.4. The van der Waals surface area contributed by atoms with Gasteiger partial charge in [0.1, 0.15) is 5.75 Å². The van der Waals surface area contributed by atoms with Crippen LogP contribution >= 0.6 is 11.6 Å². The van der Waals surface area contributed by atoms with E-state index in [-0.39, 0.29) is 12.3 Å². The third-order valence-corrected chi connectivity index (χ3v) is 3.77. The number of hydrogen-bond acceptors (Lipinski definition) is 5. The molecule has 0 heterocycles. The second kappa shape index (κ2) is 8.25. The van der Waals surface area contributed by atoms with Gasteiger partial charge in [0.25, 0.3) is 11.6 Å². The third-order valence-electron chi connectivity index (χ3n) is 3.34. The zero-order valence-electron chi connectivity index (χ0n) is 13.7. The van der Waals surface area contributed by atoms with E-state index in [2.05, 4.69) is 10.5 Å². The summed E-state index contributed by atoms with van der Waals surface area (Å²) in [5.41, 5.74) is 4.41. The van der Waals surface area contributed by atoms with Gasteiger partial charge in [-0.1, -0.05) is 11.6 Å². The van der Waals surface area contributed by atoms with Gasteiger partial charge >= 0.3 is 0 Å². The average molecular weight is 362 g/mol. The molecule has 0 aliphatic rings. The van der Waals surface area contributed by atoms with Crippen molar-refractivity contribution in [1.29, 1.82) is 0 Å². The molecule has 8 heteroatoms. The Bertz CT molecular complexity index is 819. The number of amides is 1. The van der Waals surface area contributed by atoms with E-state index in [9.17, 15) is 14.9 Å². The van der Waals surface area contributed by atoms with Crippen molar-refractivity contribution in [2.45, 2.75) is 13.8 Å². The molecular formula is C17H16ClN3O4. The fourth-order valence-corrected chi connectivity index (χ4v) is 2.04. The van der Waals surface area contributed by atoms with Crippen LogP contribution in [0.25, 0.3) is 0 Å². The highest BCUT2D eigenvalue weighted by Gasteiger charge is 2.07. The first-order chi connectivity index (χ1) is 11.9. The first-order valence-corrected chi connectivity index (χ1v) is 7.71. The highest BCUT2D eigenvalue weighted by atomic mass is 35.5. The molecule has 0 fully saturated rings. The number of ether oxygens (including phenoxy) is 1. The number of nitrogens with zero attached hydrogens (tertiary/aromatic N) is 2. The summed E-state index contributed by atoms with van der Waals surface area (Å²) >= 11 is 5.92. The molecular weight excluding hydrogens is 346 g/mol. The van der Waals surface area contributed by atoms with Gasteiger partial charge in [0.15, 0.2) is 6.61 Å². The van der Waals surface area contributed by atoms with E-state index in [1.54, 1.807) is 37.3 Å². The molecule has 0 aliphatic heterocycles. The Labute approximate surface area is 149 Å². The predicted octanol–water partition coefficient (Wildman–Crippen LogP) is 3.48. The van der Waals surface area contributed by atoms with Gasteiger partial charge in [-0.25, -0.2) is 5.43 Å². The molecule has 0 bridgehead atoms. The highest BCUT2D eigenvalue weighted by Crippen LogP contribution is 2.20. The first-order valence-electron chi connectivity index (χ1n) is 7.33. The summed E-state index contributed by atoms with van der Waals surface area (Å²) in [6.07, 6.45) is 0. The van der Waals surface area contributed by atoms with Crippen LogP contribution in [0.3, 0.4) is 0 Å². The number of halogens is 1. The summed E-state index contributed by atoms with van der Waals surface area (Å²) in [6.45, 7) is 3.33. The van der Waals surface area contributed by atoms with E-state index in [1.807, 2.05) is 6.92 Å². The molecule has 130 valence electrons. The number of nitro groups is 1. The number of hydrogen-bond donors (Lipinski definition) is 1. The average Bonchev–Trinajstić information content (AvgIpc) is 2.60.